The summed E-state index contributed by atoms with van der Waals surface area (Å²) < 4.78 is 19.0. The number of carbonyl (C=O) groups is 4. The molecule has 36 heavy (non-hydrogen) atoms. The number of ether oxygens (including phenoxy) is 4. The summed E-state index contributed by atoms with van der Waals surface area (Å²) in [5.41, 5.74) is 4.48. The van der Waals surface area contributed by atoms with E-state index in [-0.39, 0.29) is 28.1 Å². The summed E-state index contributed by atoms with van der Waals surface area (Å²) in [5.74, 6) is -3.70. The monoisotopic (exact) mass is 495 g/mol. The second kappa shape index (κ2) is 11.5. The lowest BCUT2D eigenvalue weighted by Gasteiger charge is -2.39. The first kappa shape index (κ1) is 27.4. The van der Waals surface area contributed by atoms with E-state index in [1.807, 2.05) is 6.07 Å². The number of hydrogen-bond donors (Lipinski definition) is 1. The maximum Gasteiger partial charge on any atom is 0.338 e. The van der Waals surface area contributed by atoms with Gasteiger partial charge in [0.15, 0.2) is 0 Å². The molecule has 0 bridgehead atoms. The van der Waals surface area contributed by atoms with Gasteiger partial charge in [-0.2, -0.15) is 5.26 Å². The van der Waals surface area contributed by atoms with E-state index in [2.05, 4.69) is 4.74 Å². The van der Waals surface area contributed by atoms with Crippen LogP contribution in [0.5, 0.6) is 0 Å². The highest BCUT2D eigenvalue weighted by Crippen LogP contribution is 2.47. The number of hydrogen-bond acceptors (Lipinski definition) is 11. The molecule has 188 valence electrons. The normalized spacial score (nSPS) is 19.0. The fraction of sp³-hybridized carbons (Fsp3) is 0.240. The summed E-state index contributed by atoms with van der Waals surface area (Å²) in [7, 11) is 4.45. The molecule has 0 radical (unpaired) electrons. The topological polar surface area (TPSA) is 158 Å². The van der Waals surface area contributed by atoms with Crippen LogP contribution in [-0.4, -0.2) is 57.9 Å². The van der Waals surface area contributed by atoms with Crippen molar-refractivity contribution in [3.63, 3.8) is 0 Å². The van der Waals surface area contributed by atoms with Gasteiger partial charge in [-0.15, -0.1) is 0 Å². The van der Waals surface area contributed by atoms with Gasteiger partial charge in [0, 0.05) is 23.4 Å². The number of nitrogens with two attached hydrogens (primary N) is 1. The molecule has 1 aliphatic heterocycles. The maximum absolute atomic E-state index is 13.0. The van der Waals surface area contributed by atoms with Gasteiger partial charge in [-0.05, 0) is 25.1 Å². The Kier molecular flexibility index (Phi) is 8.77. The molecule has 0 saturated carbocycles. The molecular formula is C25H25N3O8. The van der Waals surface area contributed by atoms with Gasteiger partial charge < -0.3 is 29.6 Å². The van der Waals surface area contributed by atoms with Crippen molar-refractivity contribution in [2.75, 3.05) is 33.3 Å². The number of carbonyl (C=O) groups excluding carboxylic acids is 4. The van der Waals surface area contributed by atoms with Crippen LogP contribution < -0.4 is 10.6 Å². The quantitative estimate of drug-likeness (QED) is 0.331. The Bertz CT molecular complexity index is 1240. The minimum absolute atomic E-state index is 0.00691. The molecule has 1 unspecified atom stereocenters. The third kappa shape index (κ3) is 5.12. The summed E-state index contributed by atoms with van der Waals surface area (Å²) in [6, 6.07) is 10.5. The van der Waals surface area contributed by atoms with Crippen molar-refractivity contribution in [3.8, 4) is 6.07 Å². The molecule has 11 heteroatoms. The van der Waals surface area contributed by atoms with Gasteiger partial charge in [-0.1, -0.05) is 18.2 Å². The molecule has 2 rings (SSSR count). The highest BCUT2D eigenvalue weighted by molar-refractivity contribution is 6.03. The Morgan fingerprint density at radius 1 is 0.917 bits per heavy atom. The summed E-state index contributed by atoms with van der Waals surface area (Å²) in [6.07, 6.45) is 2.94. The summed E-state index contributed by atoms with van der Waals surface area (Å²) in [5, 5.41) is 10.0. The lowest BCUT2D eigenvalue weighted by atomic mass is 9.80. The summed E-state index contributed by atoms with van der Waals surface area (Å²) in [6.45, 7) is 1.50. The molecule has 1 heterocycles. The second-order valence-electron chi connectivity index (χ2n) is 7.36. The number of nitrogens with zero attached hydrogens (tertiary/aromatic N) is 2. The van der Waals surface area contributed by atoms with Crippen molar-refractivity contribution in [2.24, 2.45) is 5.73 Å². The van der Waals surface area contributed by atoms with Crippen LogP contribution in [0.2, 0.25) is 0 Å². The van der Waals surface area contributed by atoms with E-state index in [9.17, 15) is 24.4 Å². The number of benzene rings is 1. The number of esters is 4. The lowest BCUT2D eigenvalue weighted by Crippen LogP contribution is -2.49. The summed E-state index contributed by atoms with van der Waals surface area (Å²) >= 11 is 0. The van der Waals surface area contributed by atoms with Crippen LogP contribution in [0.4, 0.5) is 5.69 Å². The molecule has 11 nitrogen and oxygen atoms in total. The SMILES string of the molecule is COC(=O)/C=C(/C=C1\C(C#N)=C(N)N(c2ccccc2)C1(C)/C(=C/C(=O)OC)C(=O)OC)C(=O)OC. The van der Waals surface area contributed by atoms with E-state index in [1.54, 1.807) is 30.3 Å². The average molecular weight is 495 g/mol. The molecule has 0 spiro atoms. The molecule has 0 aliphatic carbocycles. The zero-order valence-electron chi connectivity index (χ0n) is 20.4. The fourth-order valence-electron chi connectivity index (χ4n) is 3.73. The molecule has 1 aromatic carbocycles. The molecule has 0 saturated heterocycles. The standard InChI is InChI=1S/C25H25N3O8/c1-25(19(24(32)36-5)13-21(30)34-3)18(11-15(23(31)35-4)12-20(29)33-2)17(14-26)22(27)28(25)16-9-7-6-8-10-16/h6-13H,27H2,1-5H3/b15-12-,18-11+,19-13+. The highest BCUT2D eigenvalue weighted by Gasteiger charge is 2.52. The van der Waals surface area contributed by atoms with Crippen LogP contribution in [0.1, 0.15) is 6.92 Å². The van der Waals surface area contributed by atoms with Crippen LogP contribution >= 0.6 is 0 Å². The van der Waals surface area contributed by atoms with Crippen molar-refractivity contribution in [1.82, 2.24) is 0 Å². The Labute approximate surface area is 207 Å². The van der Waals surface area contributed by atoms with Crippen LogP contribution in [-0.2, 0) is 38.1 Å². The first-order valence-corrected chi connectivity index (χ1v) is 10.3. The Morgan fingerprint density at radius 3 is 1.97 bits per heavy atom. The van der Waals surface area contributed by atoms with Gasteiger partial charge in [0.05, 0.1) is 45.2 Å². The van der Waals surface area contributed by atoms with Gasteiger partial charge in [0.1, 0.15) is 17.4 Å². The minimum Gasteiger partial charge on any atom is -0.466 e. The van der Waals surface area contributed by atoms with Crippen LogP contribution in [0.25, 0.3) is 0 Å². The van der Waals surface area contributed by atoms with E-state index in [4.69, 9.17) is 19.9 Å². The zero-order valence-corrected chi connectivity index (χ0v) is 20.4. The first-order valence-electron chi connectivity index (χ1n) is 10.3. The zero-order chi connectivity index (χ0) is 27.0. The summed E-state index contributed by atoms with van der Waals surface area (Å²) in [4.78, 5) is 51.2. The van der Waals surface area contributed by atoms with Crippen molar-refractivity contribution >= 4 is 29.6 Å². The highest BCUT2D eigenvalue weighted by atomic mass is 16.5. The Morgan fingerprint density at radius 2 is 1.47 bits per heavy atom. The molecule has 2 N–H and O–H groups in total. The van der Waals surface area contributed by atoms with E-state index in [0.717, 1.165) is 40.6 Å². The smallest absolute Gasteiger partial charge is 0.338 e. The molecule has 1 aromatic rings. The number of rotatable bonds is 7. The van der Waals surface area contributed by atoms with Gasteiger partial charge in [-0.3, -0.25) is 0 Å². The first-order chi connectivity index (χ1) is 17.1. The third-order valence-corrected chi connectivity index (χ3v) is 5.45. The van der Waals surface area contributed by atoms with Crippen LogP contribution in [0, 0.1) is 11.3 Å². The minimum atomic E-state index is -1.69. The molecule has 0 fully saturated rings. The van der Waals surface area contributed by atoms with Crippen molar-refractivity contribution in [3.05, 3.63) is 76.7 Å². The van der Waals surface area contributed by atoms with E-state index in [1.165, 1.54) is 17.9 Å². The van der Waals surface area contributed by atoms with Gasteiger partial charge >= 0.3 is 23.9 Å². The molecule has 0 amide bonds. The maximum atomic E-state index is 13.0. The van der Waals surface area contributed by atoms with Crippen molar-refractivity contribution < 1.29 is 38.1 Å². The second-order valence-corrected chi connectivity index (χ2v) is 7.36. The van der Waals surface area contributed by atoms with E-state index >= 15 is 0 Å². The van der Waals surface area contributed by atoms with Crippen molar-refractivity contribution in [2.45, 2.75) is 12.5 Å². The Balaban J connectivity index is 3.05. The molecule has 1 atom stereocenters. The van der Waals surface area contributed by atoms with Crippen LogP contribution in [0.3, 0.4) is 0 Å². The van der Waals surface area contributed by atoms with E-state index < -0.39 is 29.4 Å². The van der Waals surface area contributed by atoms with Gasteiger partial charge in [-0.25, -0.2) is 19.2 Å². The van der Waals surface area contributed by atoms with Crippen LogP contribution in [0.15, 0.2) is 76.7 Å². The van der Waals surface area contributed by atoms with Gasteiger partial charge in [0.2, 0.25) is 0 Å². The lowest BCUT2D eigenvalue weighted by molar-refractivity contribution is -0.139. The fourth-order valence-corrected chi connectivity index (χ4v) is 3.73. The Hall–Kier alpha value is -4.85. The molecule has 0 aromatic heterocycles. The third-order valence-electron chi connectivity index (χ3n) is 5.45. The predicted octanol–water partition coefficient (Wildman–Crippen LogP) is 1.43. The van der Waals surface area contributed by atoms with Crippen molar-refractivity contribution in [1.29, 1.82) is 5.26 Å². The number of methoxy groups -OCH3 is 4. The largest absolute Gasteiger partial charge is 0.466 e. The number of para-hydroxylation sites is 1. The molecule has 1 aliphatic rings. The number of nitriles is 1. The van der Waals surface area contributed by atoms with E-state index in [0.29, 0.717) is 5.69 Å². The average Bonchev–Trinajstić information content (AvgIpc) is 3.11. The molecular weight excluding hydrogens is 470 g/mol. The van der Waals surface area contributed by atoms with Gasteiger partial charge in [0.25, 0.3) is 0 Å². The predicted molar refractivity (Wildman–Crippen MR) is 126 cm³/mol. The number of anilines is 1.